The highest BCUT2D eigenvalue weighted by molar-refractivity contribution is 6.31. The molecule has 0 aliphatic carbocycles. The Bertz CT molecular complexity index is 1140. The molecule has 3 aromatic carbocycles. The molecule has 0 radical (unpaired) electrons. The van der Waals surface area contributed by atoms with Gasteiger partial charge in [0, 0.05) is 41.7 Å². The summed E-state index contributed by atoms with van der Waals surface area (Å²) in [7, 11) is 0. The van der Waals surface area contributed by atoms with Gasteiger partial charge in [-0.25, -0.2) is 4.79 Å². The standard InChI is InChI=1S/C26H27ClN4O2/c1-18-9-10-21(16-23(18)27)30-26(33)29-20-11-12-24(31-13-5-6-14-31)22(15-20)25(32)28-17-19-7-3-2-4-8-19/h2-4,7-12,15-16H,5-6,13-14,17H2,1H3,(H,28,32)(H2,29,30,33). The third kappa shape index (κ3) is 5.84. The first-order chi connectivity index (χ1) is 16.0. The Labute approximate surface area is 198 Å². The number of rotatable bonds is 6. The van der Waals surface area contributed by atoms with Gasteiger partial charge in [-0.2, -0.15) is 0 Å². The molecule has 1 saturated heterocycles. The van der Waals surface area contributed by atoms with E-state index >= 15 is 0 Å². The van der Waals surface area contributed by atoms with Crippen LogP contribution < -0.4 is 20.9 Å². The molecule has 1 aliphatic heterocycles. The molecule has 6 nitrogen and oxygen atoms in total. The van der Waals surface area contributed by atoms with Gasteiger partial charge in [-0.3, -0.25) is 4.79 Å². The van der Waals surface area contributed by atoms with E-state index in [1.807, 2.05) is 55.5 Å². The summed E-state index contributed by atoms with van der Waals surface area (Å²) >= 11 is 6.15. The van der Waals surface area contributed by atoms with Crippen LogP contribution in [-0.2, 0) is 6.54 Å². The molecule has 0 bridgehead atoms. The Hall–Kier alpha value is -3.51. The smallest absolute Gasteiger partial charge is 0.323 e. The number of amides is 3. The third-order valence-corrected chi connectivity index (χ3v) is 6.08. The van der Waals surface area contributed by atoms with Gasteiger partial charge in [0.25, 0.3) is 5.91 Å². The maximum atomic E-state index is 13.1. The zero-order valence-electron chi connectivity index (χ0n) is 18.5. The molecule has 1 aliphatic rings. The lowest BCUT2D eigenvalue weighted by molar-refractivity contribution is 0.0951. The molecule has 0 unspecified atom stereocenters. The van der Waals surface area contributed by atoms with Crippen molar-refractivity contribution < 1.29 is 9.59 Å². The second-order valence-corrected chi connectivity index (χ2v) is 8.54. The quantitative estimate of drug-likeness (QED) is 0.432. The lowest BCUT2D eigenvalue weighted by Gasteiger charge is -2.22. The normalized spacial score (nSPS) is 13.0. The van der Waals surface area contributed by atoms with Crippen molar-refractivity contribution in [2.75, 3.05) is 28.6 Å². The summed E-state index contributed by atoms with van der Waals surface area (Å²) in [5.74, 6) is -0.171. The molecule has 3 aromatic rings. The fourth-order valence-electron chi connectivity index (χ4n) is 3.87. The van der Waals surface area contributed by atoms with Gasteiger partial charge in [0.05, 0.1) is 5.56 Å². The second-order valence-electron chi connectivity index (χ2n) is 8.14. The summed E-state index contributed by atoms with van der Waals surface area (Å²) in [6.07, 6.45) is 2.21. The van der Waals surface area contributed by atoms with Crippen LogP contribution in [0.1, 0.15) is 34.3 Å². The maximum absolute atomic E-state index is 13.1. The Balaban J connectivity index is 1.50. The number of aryl methyl sites for hydroxylation is 1. The van der Waals surface area contributed by atoms with E-state index in [1.165, 1.54) is 0 Å². The lowest BCUT2D eigenvalue weighted by Crippen LogP contribution is -2.27. The van der Waals surface area contributed by atoms with Gasteiger partial charge < -0.3 is 20.9 Å². The van der Waals surface area contributed by atoms with Gasteiger partial charge in [0.15, 0.2) is 0 Å². The van der Waals surface area contributed by atoms with Crippen LogP contribution in [0.15, 0.2) is 66.7 Å². The molecule has 0 saturated carbocycles. The van der Waals surface area contributed by atoms with Crippen LogP contribution in [0.5, 0.6) is 0 Å². The van der Waals surface area contributed by atoms with Gasteiger partial charge >= 0.3 is 6.03 Å². The summed E-state index contributed by atoms with van der Waals surface area (Å²) in [4.78, 5) is 27.9. The van der Waals surface area contributed by atoms with E-state index in [4.69, 9.17) is 11.6 Å². The SMILES string of the molecule is Cc1ccc(NC(=O)Nc2ccc(N3CCCC3)c(C(=O)NCc3ccccc3)c2)cc1Cl. The molecule has 170 valence electrons. The van der Waals surface area contributed by atoms with E-state index in [0.717, 1.165) is 42.7 Å². The number of carbonyl (C=O) groups excluding carboxylic acids is 2. The molecule has 0 spiro atoms. The average Bonchev–Trinajstić information content (AvgIpc) is 3.35. The molecule has 3 N–H and O–H groups in total. The highest BCUT2D eigenvalue weighted by atomic mass is 35.5. The number of nitrogens with zero attached hydrogens (tertiary/aromatic N) is 1. The van der Waals surface area contributed by atoms with E-state index in [2.05, 4.69) is 20.9 Å². The fourth-order valence-corrected chi connectivity index (χ4v) is 4.05. The van der Waals surface area contributed by atoms with Gasteiger partial charge in [-0.05, 0) is 61.2 Å². The highest BCUT2D eigenvalue weighted by Gasteiger charge is 2.20. The molecule has 4 rings (SSSR count). The number of nitrogens with one attached hydrogen (secondary N) is 3. The highest BCUT2D eigenvalue weighted by Crippen LogP contribution is 2.28. The Morgan fingerprint density at radius 1 is 0.909 bits per heavy atom. The Morgan fingerprint density at radius 2 is 1.58 bits per heavy atom. The minimum Gasteiger partial charge on any atom is -0.371 e. The number of halogens is 1. The van der Waals surface area contributed by atoms with Crippen LogP contribution in [-0.4, -0.2) is 25.0 Å². The summed E-state index contributed by atoms with van der Waals surface area (Å²) in [6.45, 7) is 4.17. The van der Waals surface area contributed by atoms with Crippen LogP contribution in [0.4, 0.5) is 21.9 Å². The minimum absolute atomic E-state index is 0.171. The fraction of sp³-hybridized carbons (Fsp3) is 0.231. The predicted octanol–water partition coefficient (Wildman–Crippen LogP) is 5.82. The number of hydrogen-bond acceptors (Lipinski definition) is 3. The lowest BCUT2D eigenvalue weighted by atomic mass is 10.1. The number of benzene rings is 3. The first kappa shape index (κ1) is 22.7. The molecule has 0 atom stereocenters. The maximum Gasteiger partial charge on any atom is 0.323 e. The van der Waals surface area contributed by atoms with Crippen LogP contribution >= 0.6 is 11.6 Å². The van der Waals surface area contributed by atoms with Crippen molar-refractivity contribution in [1.82, 2.24) is 5.32 Å². The van der Waals surface area contributed by atoms with Gasteiger partial charge in [0.2, 0.25) is 0 Å². The molecule has 33 heavy (non-hydrogen) atoms. The van der Waals surface area contributed by atoms with Gasteiger partial charge in [-0.15, -0.1) is 0 Å². The molecular formula is C26H27ClN4O2. The second kappa shape index (κ2) is 10.4. The number of anilines is 3. The summed E-state index contributed by atoms with van der Waals surface area (Å²) in [6, 6.07) is 20.2. The Morgan fingerprint density at radius 3 is 2.27 bits per heavy atom. The molecule has 7 heteroatoms. The molecule has 1 fully saturated rings. The van der Waals surface area contributed by atoms with E-state index < -0.39 is 6.03 Å². The van der Waals surface area contributed by atoms with E-state index in [0.29, 0.717) is 28.5 Å². The van der Waals surface area contributed by atoms with Crippen LogP contribution in [0.2, 0.25) is 5.02 Å². The van der Waals surface area contributed by atoms with Crippen LogP contribution in [0, 0.1) is 6.92 Å². The average molecular weight is 463 g/mol. The molecule has 1 heterocycles. The third-order valence-electron chi connectivity index (χ3n) is 5.67. The summed E-state index contributed by atoms with van der Waals surface area (Å²) < 4.78 is 0. The van der Waals surface area contributed by atoms with Gasteiger partial charge in [0.1, 0.15) is 0 Å². The zero-order chi connectivity index (χ0) is 23.2. The molecule has 3 amide bonds. The number of hydrogen-bond donors (Lipinski definition) is 3. The van der Waals surface area contributed by atoms with E-state index in [9.17, 15) is 9.59 Å². The first-order valence-corrected chi connectivity index (χ1v) is 11.4. The topological polar surface area (TPSA) is 73.5 Å². The van der Waals surface area contributed by atoms with Crippen molar-refractivity contribution in [3.8, 4) is 0 Å². The van der Waals surface area contributed by atoms with Crippen LogP contribution in [0.3, 0.4) is 0 Å². The van der Waals surface area contributed by atoms with Crippen molar-refractivity contribution >= 4 is 40.6 Å². The number of urea groups is 1. The zero-order valence-corrected chi connectivity index (χ0v) is 19.3. The van der Waals surface area contributed by atoms with E-state index in [-0.39, 0.29) is 5.91 Å². The summed E-state index contributed by atoms with van der Waals surface area (Å²) in [5, 5.41) is 9.18. The van der Waals surface area contributed by atoms with E-state index in [1.54, 1.807) is 18.2 Å². The largest absolute Gasteiger partial charge is 0.371 e. The van der Waals surface area contributed by atoms with Crippen LogP contribution in [0.25, 0.3) is 0 Å². The molecular weight excluding hydrogens is 436 g/mol. The summed E-state index contributed by atoms with van der Waals surface area (Å²) in [5.41, 5.74) is 4.53. The van der Waals surface area contributed by atoms with Crippen molar-refractivity contribution in [1.29, 1.82) is 0 Å². The number of carbonyl (C=O) groups is 2. The Kier molecular flexibility index (Phi) is 7.15. The van der Waals surface area contributed by atoms with Crippen molar-refractivity contribution in [3.63, 3.8) is 0 Å². The van der Waals surface area contributed by atoms with Crippen molar-refractivity contribution in [2.24, 2.45) is 0 Å². The predicted molar refractivity (Wildman–Crippen MR) is 134 cm³/mol. The monoisotopic (exact) mass is 462 g/mol. The van der Waals surface area contributed by atoms with Crippen molar-refractivity contribution in [2.45, 2.75) is 26.3 Å². The van der Waals surface area contributed by atoms with Crippen molar-refractivity contribution in [3.05, 3.63) is 88.4 Å². The first-order valence-electron chi connectivity index (χ1n) is 11.0. The minimum atomic E-state index is -0.403. The molecule has 0 aromatic heterocycles. The van der Waals surface area contributed by atoms with Gasteiger partial charge in [-0.1, -0.05) is 48.0 Å².